The van der Waals surface area contributed by atoms with Crippen LogP contribution in [-0.2, 0) is 0 Å². The number of rotatable bonds is 4. The van der Waals surface area contributed by atoms with Gasteiger partial charge in [-0.2, -0.15) is 0 Å². The van der Waals surface area contributed by atoms with Gasteiger partial charge in [0.25, 0.3) is 5.91 Å². The zero-order valence-corrected chi connectivity index (χ0v) is 13.3. The van der Waals surface area contributed by atoms with Gasteiger partial charge in [-0.25, -0.2) is 18.7 Å². The van der Waals surface area contributed by atoms with Crippen molar-refractivity contribution < 1.29 is 13.6 Å². The van der Waals surface area contributed by atoms with Gasteiger partial charge in [0, 0.05) is 18.1 Å². The van der Waals surface area contributed by atoms with E-state index in [2.05, 4.69) is 20.6 Å². The summed E-state index contributed by atoms with van der Waals surface area (Å²) >= 11 is 0. The maximum absolute atomic E-state index is 13.6. The predicted octanol–water partition coefficient (Wildman–Crippen LogP) is 4.06. The van der Waals surface area contributed by atoms with Crippen LogP contribution in [0.4, 0.5) is 26.1 Å². The predicted molar refractivity (Wildman–Crippen MR) is 90.8 cm³/mol. The van der Waals surface area contributed by atoms with Gasteiger partial charge in [0.15, 0.2) is 0 Å². The second-order valence-corrected chi connectivity index (χ2v) is 5.34. The Morgan fingerprint density at radius 3 is 2.16 bits per heavy atom. The molecule has 0 radical (unpaired) electrons. The van der Waals surface area contributed by atoms with Crippen LogP contribution in [0.3, 0.4) is 0 Å². The third-order valence-electron chi connectivity index (χ3n) is 3.42. The molecule has 3 aromatic rings. The van der Waals surface area contributed by atoms with Crippen molar-refractivity contribution in [3.63, 3.8) is 0 Å². The highest BCUT2D eigenvalue weighted by Crippen LogP contribution is 2.19. The smallest absolute Gasteiger partial charge is 0.258 e. The normalized spacial score (nSPS) is 10.4. The van der Waals surface area contributed by atoms with E-state index in [-0.39, 0.29) is 5.56 Å². The molecule has 1 aromatic heterocycles. The minimum atomic E-state index is -0.855. The summed E-state index contributed by atoms with van der Waals surface area (Å²) in [6.07, 6.45) is 2.55. The molecule has 1 heterocycles. The molecule has 2 N–H and O–H groups in total. The summed E-state index contributed by atoms with van der Waals surface area (Å²) in [6, 6.07) is 11.0. The van der Waals surface area contributed by atoms with Crippen LogP contribution in [0.5, 0.6) is 0 Å². The van der Waals surface area contributed by atoms with Crippen molar-refractivity contribution >= 4 is 23.2 Å². The van der Waals surface area contributed by atoms with E-state index in [4.69, 9.17) is 0 Å². The maximum Gasteiger partial charge on any atom is 0.258 e. The second-order valence-electron chi connectivity index (χ2n) is 5.34. The number of para-hydroxylation sites is 1. The molecule has 0 bridgehead atoms. The summed E-state index contributed by atoms with van der Waals surface area (Å²) < 4.78 is 27.1. The summed E-state index contributed by atoms with van der Waals surface area (Å²) in [4.78, 5) is 20.1. The summed E-state index contributed by atoms with van der Waals surface area (Å²) in [5, 5.41) is 5.17. The van der Waals surface area contributed by atoms with Gasteiger partial charge in [-0.15, -0.1) is 0 Å². The summed E-state index contributed by atoms with van der Waals surface area (Å²) in [5.74, 6) is -2.11. The number of aromatic nitrogens is 2. The van der Waals surface area contributed by atoms with Crippen LogP contribution >= 0.6 is 0 Å². The second kappa shape index (κ2) is 7.04. The van der Waals surface area contributed by atoms with E-state index in [9.17, 15) is 13.6 Å². The average Bonchev–Trinajstić information content (AvgIpc) is 2.61. The molecule has 0 aliphatic rings. The number of hydrogen-bond donors (Lipinski definition) is 2. The number of carbonyl (C=O) groups is 1. The highest BCUT2D eigenvalue weighted by atomic mass is 19.1. The summed E-state index contributed by atoms with van der Waals surface area (Å²) in [7, 11) is 0. The molecule has 0 aliphatic heterocycles. The van der Waals surface area contributed by atoms with Gasteiger partial charge in [-0.1, -0.05) is 23.8 Å². The van der Waals surface area contributed by atoms with Crippen LogP contribution in [0.15, 0.2) is 54.9 Å². The third kappa shape index (κ3) is 3.95. The minimum Gasteiger partial charge on any atom is -0.324 e. The lowest BCUT2D eigenvalue weighted by Gasteiger charge is -2.08. The van der Waals surface area contributed by atoms with Crippen LogP contribution < -0.4 is 10.6 Å². The lowest BCUT2D eigenvalue weighted by atomic mass is 10.2. The molecule has 2 aromatic carbocycles. The molecule has 25 heavy (non-hydrogen) atoms. The Bertz CT molecular complexity index is 876. The Morgan fingerprint density at radius 1 is 0.960 bits per heavy atom. The summed E-state index contributed by atoms with van der Waals surface area (Å²) in [6.45, 7) is 1.98. The number of anilines is 3. The molecule has 0 saturated heterocycles. The first-order valence-electron chi connectivity index (χ1n) is 7.44. The van der Waals surface area contributed by atoms with Gasteiger partial charge in [-0.05, 0) is 31.2 Å². The minimum absolute atomic E-state index is 0.0807. The Hall–Kier alpha value is -3.35. The number of aryl methyl sites for hydroxylation is 1. The van der Waals surface area contributed by atoms with Crippen LogP contribution in [0, 0.1) is 18.6 Å². The fourth-order valence-electron chi connectivity index (χ4n) is 2.08. The van der Waals surface area contributed by atoms with Gasteiger partial charge >= 0.3 is 0 Å². The van der Waals surface area contributed by atoms with Crippen molar-refractivity contribution in [2.24, 2.45) is 0 Å². The molecule has 1 amide bonds. The van der Waals surface area contributed by atoms with Crippen LogP contribution in [0.25, 0.3) is 0 Å². The Balaban J connectivity index is 1.71. The first kappa shape index (κ1) is 16.5. The zero-order valence-electron chi connectivity index (χ0n) is 13.3. The quantitative estimate of drug-likeness (QED) is 0.752. The molecule has 126 valence electrons. The Labute approximate surface area is 142 Å². The Morgan fingerprint density at radius 2 is 1.56 bits per heavy atom. The highest BCUT2D eigenvalue weighted by Gasteiger charge is 2.14. The molecule has 0 fully saturated rings. The number of halogens is 2. The van der Waals surface area contributed by atoms with Crippen LogP contribution in [0.1, 0.15) is 15.9 Å². The van der Waals surface area contributed by atoms with E-state index >= 15 is 0 Å². The number of hydrogen-bond acceptors (Lipinski definition) is 4. The lowest BCUT2D eigenvalue weighted by Crippen LogP contribution is -2.15. The number of amides is 1. The topological polar surface area (TPSA) is 66.9 Å². The third-order valence-corrected chi connectivity index (χ3v) is 3.42. The molecule has 0 saturated carbocycles. The van der Waals surface area contributed by atoms with Crippen molar-refractivity contribution in [3.05, 3.63) is 77.6 Å². The fraction of sp³-hybridized carbons (Fsp3) is 0.0556. The molecule has 5 nitrogen and oxygen atoms in total. The van der Waals surface area contributed by atoms with E-state index in [1.165, 1.54) is 18.5 Å². The summed E-state index contributed by atoms with van der Waals surface area (Å²) in [5.41, 5.74) is 1.50. The van der Waals surface area contributed by atoms with Crippen molar-refractivity contribution in [2.75, 3.05) is 10.6 Å². The van der Waals surface area contributed by atoms with Gasteiger partial charge in [-0.3, -0.25) is 4.79 Å². The fourth-order valence-corrected chi connectivity index (χ4v) is 2.08. The van der Waals surface area contributed by atoms with E-state index in [0.717, 1.165) is 23.4 Å². The van der Waals surface area contributed by atoms with E-state index in [1.54, 1.807) is 0 Å². The molecule has 0 aliphatic carbocycles. The van der Waals surface area contributed by atoms with Crippen molar-refractivity contribution in [3.8, 4) is 0 Å². The zero-order chi connectivity index (χ0) is 17.8. The number of nitrogens with zero attached hydrogens (tertiary/aromatic N) is 2. The van der Waals surface area contributed by atoms with Gasteiger partial charge in [0.1, 0.15) is 17.3 Å². The van der Waals surface area contributed by atoms with Crippen molar-refractivity contribution in [2.45, 2.75) is 6.92 Å². The number of nitrogens with one attached hydrogen (secondary N) is 2. The molecule has 0 spiro atoms. The van der Waals surface area contributed by atoms with Gasteiger partial charge in [0.2, 0.25) is 5.95 Å². The number of benzene rings is 2. The first-order valence-corrected chi connectivity index (χ1v) is 7.44. The largest absolute Gasteiger partial charge is 0.324 e. The molecule has 7 heteroatoms. The SMILES string of the molecule is Cc1ccc(Nc2ncc(C(=O)Nc3c(F)cccc3F)cn2)cc1. The van der Waals surface area contributed by atoms with Crippen molar-refractivity contribution in [1.82, 2.24) is 9.97 Å². The molecular formula is C18H14F2N4O. The molecule has 0 unspecified atom stereocenters. The first-order chi connectivity index (χ1) is 12.0. The lowest BCUT2D eigenvalue weighted by molar-refractivity contribution is 0.102. The van der Waals surface area contributed by atoms with Crippen LogP contribution in [-0.4, -0.2) is 15.9 Å². The monoisotopic (exact) mass is 340 g/mol. The maximum atomic E-state index is 13.6. The standard InChI is InChI=1S/C18H14F2N4O/c1-11-5-7-13(8-6-11)23-18-21-9-12(10-22-18)17(25)24-16-14(19)3-2-4-15(16)20/h2-10H,1H3,(H,24,25)(H,21,22,23). The van der Waals surface area contributed by atoms with E-state index < -0.39 is 23.2 Å². The molecular weight excluding hydrogens is 326 g/mol. The van der Waals surface area contributed by atoms with Crippen LogP contribution in [0.2, 0.25) is 0 Å². The highest BCUT2D eigenvalue weighted by molar-refractivity contribution is 6.04. The molecule has 3 rings (SSSR count). The van der Waals surface area contributed by atoms with Gasteiger partial charge < -0.3 is 10.6 Å². The Kier molecular flexibility index (Phi) is 4.65. The average molecular weight is 340 g/mol. The van der Waals surface area contributed by atoms with E-state index in [0.29, 0.717) is 5.95 Å². The van der Waals surface area contributed by atoms with Gasteiger partial charge in [0.05, 0.1) is 5.56 Å². The molecule has 0 atom stereocenters. The van der Waals surface area contributed by atoms with Crippen molar-refractivity contribution in [1.29, 1.82) is 0 Å². The number of carbonyl (C=O) groups excluding carboxylic acids is 1. The van der Waals surface area contributed by atoms with E-state index in [1.807, 2.05) is 31.2 Å².